The molecule has 188 valence electrons. The fourth-order valence-corrected chi connectivity index (χ4v) is 4.09. The minimum atomic E-state index is -3.49. The first-order chi connectivity index (χ1) is 16.0. The molecule has 2 atom stereocenters. The number of hydrogen-bond donors (Lipinski definition) is 2. The highest BCUT2D eigenvalue weighted by Crippen LogP contribution is 2.29. The molecule has 10 heteroatoms. The topological polar surface area (TPSA) is 103 Å². The summed E-state index contributed by atoms with van der Waals surface area (Å²) in [6.45, 7) is 6.16. The summed E-state index contributed by atoms with van der Waals surface area (Å²) >= 11 is 5.88. The van der Waals surface area contributed by atoms with Gasteiger partial charge in [-0.05, 0) is 61.2 Å². The molecule has 0 aliphatic heterocycles. The van der Waals surface area contributed by atoms with Crippen LogP contribution in [0.3, 0.4) is 0 Å². The number of benzene rings is 2. The molecule has 0 aromatic heterocycles. The predicted molar refractivity (Wildman–Crippen MR) is 133 cm³/mol. The van der Waals surface area contributed by atoms with Gasteiger partial charge in [0, 0.05) is 11.6 Å². The van der Waals surface area contributed by atoms with Crippen LogP contribution in [-0.4, -0.2) is 53.0 Å². The molecule has 0 bridgehead atoms. The Morgan fingerprint density at radius 2 is 1.74 bits per heavy atom. The van der Waals surface area contributed by atoms with Gasteiger partial charge in [-0.15, -0.1) is 0 Å². The standard InChI is InChI=1S/C24H33ClN2O6S/c1-16(2)23(27-34(5,29)30)24(28)26-13-12-18-6-11-21(22(14-18)31-4)33-17(3)15-32-20-9-7-19(25)8-10-20/h6-11,14,16-17,23,27H,12-13,15H2,1-5H3,(H,26,28)/t17?,23-/m0/s1. The van der Waals surface area contributed by atoms with E-state index >= 15 is 0 Å². The van der Waals surface area contributed by atoms with Crippen LogP contribution in [0.2, 0.25) is 5.02 Å². The van der Waals surface area contributed by atoms with E-state index in [4.69, 9.17) is 25.8 Å². The number of amides is 1. The van der Waals surface area contributed by atoms with Crippen LogP contribution in [0.5, 0.6) is 17.2 Å². The van der Waals surface area contributed by atoms with Crippen LogP contribution in [0.1, 0.15) is 26.3 Å². The third-order valence-electron chi connectivity index (χ3n) is 4.86. The Morgan fingerprint density at radius 1 is 1.06 bits per heavy atom. The molecule has 34 heavy (non-hydrogen) atoms. The zero-order valence-corrected chi connectivity index (χ0v) is 21.7. The molecule has 0 aliphatic carbocycles. The minimum absolute atomic E-state index is 0.183. The highest BCUT2D eigenvalue weighted by Gasteiger charge is 2.25. The zero-order chi connectivity index (χ0) is 25.3. The molecule has 0 radical (unpaired) electrons. The highest BCUT2D eigenvalue weighted by atomic mass is 35.5. The van der Waals surface area contributed by atoms with Crippen LogP contribution < -0.4 is 24.2 Å². The van der Waals surface area contributed by atoms with E-state index in [1.807, 2.05) is 25.1 Å². The van der Waals surface area contributed by atoms with Gasteiger partial charge in [0.2, 0.25) is 15.9 Å². The van der Waals surface area contributed by atoms with Crippen LogP contribution in [0.15, 0.2) is 42.5 Å². The third kappa shape index (κ3) is 9.40. The van der Waals surface area contributed by atoms with E-state index in [0.717, 1.165) is 11.8 Å². The molecule has 0 fully saturated rings. The summed E-state index contributed by atoms with van der Waals surface area (Å²) in [5.74, 6) is 1.31. The third-order valence-corrected chi connectivity index (χ3v) is 5.79. The van der Waals surface area contributed by atoms with Gasteiger partial charge >= 0.3 is 0 Å². The summed E-state index contributed by atoms with van der Waals surface area (Å²) in [6, 6.07) is 11.9. The van der Waals surface area contributed by atoms with E-state index in [1.54, 1.807) is 45.2 Å². The molecule has 0 heterocycles. The number of carbonyl (C=O) groups is 1. The second kappa shape index (κ2) is 12.8. The van der Waals surface area contributed by atoms with Crippen molar-refractivity contribution < 1.29 is 27.4 Å². The van der Waals surface area contributed by atoms with Crippen LogP contribution in [0.25, 0.3) is 0 Å². The molecular weight excluding hydrogens is 480 g/mol. The van der Waals surface area contributed by atoms with Crippen molar-refractivity contribution in [1.29, 1.82) is 0 Å². The van der Waals surface area contributed by atoms with Crippen LogP contribution in [-0.2, 0) is 21.2 Å². The Labute approximate surface area is 207 Å². The first-order valence-electron chi connectivity index (χ1n) is 11.0. The molecule has 0 saturated heterocycles. The van der Waals surface area contributed by atoms with Crippen molar-refractivity contribution in [1.82, 2.24) is 10.0 Å². The Hall–Kier alpha value is -2.49. The Morgan fingerprint density at radius 3 is 2.32 bits per heavy atom. The van der Waals surface area contributed by atoms with Gasteiger partial charge in [-0.3, -0.25) is 4.79 Å². The number of halogens is 1. The lowest BCUT2D eigenvalue weighted by molar-refractivity contribution is -0.123. The number of nitrogens with one attached hydrogen (secondary N) is 2. The second-order valence-corrected chi connectivity index (χ2v) is 10.5. The lowest BCUT2D eigenvalue weighted by Gasteiger charge is -2.20. The maximum Gasteiger partial charge on any atom is 0.238 e. The van der Waals surface area contributed by atoms with E-state index in [2.05, 4.69) is 10.0 Å². The summed E-state index contributed by atoms with van der Waals surface area (Å²) in [7, 11) is -1.93. The largest absolute Gasteiger partial charge is 0.493 e. The minimum Gasteiger partial charge on any atom is -0.493 e. The molecule has 1 amide bonds. The number of rotatable bonds is 13. The highest BCUT2D eigenvalue weighted by molar-refractivity contribution is 7.88. The van der Waals surface area contributed by atoms with Crippen molar-refractivity contribution >= 4 is 27.5 Å². The molecule has 2 rings (SSSR count). The fourth-order valence-electron chi connectivity index (χ4n) is 3.12. The average molecular weight is 513 g/mol. The molecule has 8 nitrogen and oxygen atoms in total. The molecule has 0 aliphatic rings. The first kappa shape index (κ1) is 27.8. The first-order valence-corrected chi connectivity index (χ1v) is 13.2. The Balaban J connectivity index is 1.90. The summed E-state index contributed by atoms with van der Waals surface area (Å²) in [5, 5.41) is 3.44. The number of carbonyl (C=O) groups excluding carboxylic acids is 1. The van der Waals surface area contributed by atoms with E-state index in [-0.39, 0.29) is 17.9 Å². The molecule has 2 aromatic rings. The van der Waals surface area contributed by atoms with Gasteiger partial charge in [-0.2, -0.15) is 0 Å². The van der Waals surface area contributed by atoms with Gasteiger partial charge in [0.1, 0.15) is 24.5 Å². The van der Waals surface area contributed by atoms with E-state index in [9.17, 15) is 13.2 Å². The number of methoxy groups -OCH3 is 1. The summed E-state index contributed by atoms with van der Waals surface area (Å²) in [4.78, 5) is 12.4. The maximum absolute atomic E-state index is 12.4. The molecule has 0 saturated carbocycles. The lowest BCUT2D eigenvalue weighted by Crippen LogP contribution is -2.49. The van der Waals surface area contributed by atoms with Gasteiger partial charge in [0.15, 0.2) is 11.5 Å². The Kier molecular flexibility index (Phi) is 10.5. The molecule has 2 N–H and O–H groups in total. The normalized spacial score (nSPS) is 13.3. The van der Waals surface area contributed by atoms with Crippen LogP contribution >= 0.6 is 11.6 Å². The van der Waals surface area contributed by atoms with Crippen molar-refractivity contribution in [2.75, 3.05) is 26.5 Å². The predicted octanol–water partition coefficient (Wildman–Crippen LogP) is 3.43. The quantitative estimate of drug-likeness (QED) is 0.426. The summed E-state index contributed by atoms with van der Waals surface area (Å²) in [6.07, 6.45) is 1.35. The number of ether oxygens (including phenoxy) is 3. The van der Waals surface area contributed by atoms with Gasteiger partial charge in [-0.25, -0.2) is 13.1 Å². The monoisotopic (exact) mass is 512 g/mol. The van der Waals surface area contributed by atoms with Gasteiger partial charge in [0.05, 0.1) is 13.4 Å². The molecular formula is C24H33ClN2O6S. The molecule has 0 spiro atoms. The second-order valence-electron chi connectivity index (χ2n) is 8.33. The molecule has 2 aromatic carbocycles. The fraction of sp³-hybridized carbons (Fsp3) is 0.458. The van der Waals surface area contributed by atoms with Gasteiger partial charge in [-0.1, -0.05) is 31.5 Å². The van der Waals surface area contributed by atoms with Crippen LogP contribution in [0, 0.1) is 5.92 Å². The van der Waals surface area contributed by atoms with Gasteiger partial charge < -0.3 is 19.5 Å². The zero-order valence-electron chi connectivity index (χ0n) is 20.1. The number of hydrogen-bond acceptors (Lipinski definition) is 6. The average Bonchev–Trinajstić information content (AvgIpc) is 2.77. The molecule has 1 unspecified atom stereocenters. The van der Waals surface area contributed by atoms with Gasteiger partial charge in [0.25, 0.3) is 0 Å². The smallest absolute Gasteiger partial charge is 0.238 e. The van der Waals surface area contributed by atoms with E-state index in [1.165, 1.54) is 0 Å². The SMILES string of the molecule is COc1cc(CCNC(=O)[C@@H](NS(C)(=O)=O)C(C)C)ccc1OC(C)COc1ccc(Cl)cc1. The summed E-state index contributed by atoms with van der Waals surface area (Å²) < 4.78 is 42.6. The maximum atomic E-state index is 12.4. The van der Waals surface area contributed by atoms with Crippen molar-refractivity contribution in [2.24, 2.45) is 5.92 Å². The van der Waals surface area contributed by atoms with E-state index < -0.39 is 16.1 Å². The van der Waals surface area contributed by atoms with Crippen molar-refractivity contribution in [3.63, 3.8) is 0 Å². The van der Waals surface area contributed by atoms with Crippen molar-refractivity contribution in [2.45, 2.75) is 39.3 Å². The van der Waals surface area contributed by atoms with Crippen molar-refractivity contribution in [3.05, 3.63) is 53.1 Å². The number of sulfonamides is 1. The Bertz CT molecular complexity index is 1040. The van der Waals surface area contributed by atoms with Crippen molar-refractivity contribution in [3.8, 4) is 17.2 Å². The summed E-state index contributed by atoms with van der Waals surface area (Å²) in [5.41, 5.74) is 0.937. The lowest BCUT2D eigenvalue weighted by atomic mass is 10.0. The van der Waals surface area contributed by atoms with E-state index in [0.29, 0.717) is 41.8 Å². The van der Waals surface area contributed by atoms with Crippen LogP contribution in [0.4, 0.5) is 0 Å².